The number of rotatable bonds is 3. The molecule has 5 nitrogen and oxygen atoms in total. The van der Waals surface area contributed by atoms with Crippen LogP contribution < -0.4 is 5.32 Å². The fourth-order valence-corrected chi connectivity index (χ4v) is 2.83. The van der Waals surface area contributed by atoms with E-state index < -0.39 is 11.9 Å². The maximum atomic E-state index is 14.4. The molecule has 3 N–H and O–H groups in total. The summed E-state index contributed by atoms with van der Waals surface area (Å²) in [6.07, 6.45) is 3.03. The summed E-state index contributed by atoms with van der Waals surface area (Å²) in [6.45, 7) is 0.571. The molecule has 0 radical (unpaired) electrons. The second kappa shape index (κ2) is 6.68. The second-order valence-electron chi connectivity index (χ2n) is 6.10. The van der Waals surface area contributed by atoms with Gasteiger partial charge in [0.2, 0.25) is 0 Å². The summed E-state index contributed by atoms with van der Waals surface area (Å²) >= 11 is 0. The summed E-state index contributed by atoms with van der Waals surface area (Å²) in [5.41, 5.74) is 2.38. The number of β-amino-alcohol motifs (C(OH)–C–C–N with tert-alkyl or cyclic N) is 1. The van der Waals surface area contributed by atoms with Crippen LogP contribution >= 0.6 is 0 Å². The molecular weight excluding hydrogens is 338 g/mol. The maximum absolute atomic E-state index is 14.4. The van der Waals surface area contributed by atoms with Crippen molar-refractivity contribution in [2.75, 3.05) is 13.1 Å². The first-order chi connectivity index (χ1) is 12.6. The molecule has 2 heterocycles. The molecule has 3 aromatic rings. The molecule has 0 saturated heterocycles. The number of hydrogen-bond donors (Lipinski definition) is 3. The topological polar surface area (TPSA) is 73.3 Å². The first-order valence-corrected chi connectivity index (χ1v) is 8.18. The Morgan fingerprint density at radius 2 is 1.92 bits per heavy atom. The minimum absolute atomic E-state index is 0.239. The lowest BCUT2D eigenvalue weighted by Crippen LogP contribution is -2.39. The van der Waals surface area contributed by atoms with Crippen molar-refractivity contribution in [1.29, 1.82) is 0 Å². The molecule has 0 fully saturated rings. The number of aliphatic imine (C=N–C) groups is 1. The van der Waals surface area contributed by atoms with Gasteiger partial charge in [0.15, 0.2) is 0 Å². The third-order valence-electron chi connectivity index (χ3n) is 4.20. The molecule has 1 atom stereocenters. The SMILES string of the molecule is OC1CN=C(c2cc3c(C=Cc4ccc(F)cc4)n[nH]c3cc2F)NC1. The minimum Gasteiger partial charge on any atom is -0.389 e. The van der Waals surface area contributed by atoms with Crippen molar-refractivity contribution in [3.63, 3.8) is 0 Å². The van der Waals surface area contributed by atoms with Gasteiger partial charge in [-0.1, -0.05) is 18.2 Å². The number of aliphatic hydroxyl groups excluding tert-OH is 1. The van der Waals surface area contributed by atoms with Crippen molar-refractivity contribution >= 4 is 28.9 Å². The largest absolute Gasteiger partial charge is 0.389 e. The van der Waals surface area contributed by atoms with E-state index in [1.807, 2.05) is 6.08 Å². The number of H-pyrrole nitrogens is 1. The molecule has 4 rings (SSSR count). The number of nitrogens with zero attached hydrogens (tertiary/aromatic N) is 2. The summed E-state index contributed by atoms with van der Waals surface area (Å²) < 4.78 is 27.4. The number of amidine groups is 1. The first-order valence-electron chi connectivity index (χ1n) is 8.18. The lowest BCUT2D eigenvalue weighted by atomic mass is 10.1. The first kappa shape index (κ1) is 16.4. The van der Waals surface area contributed by atoms with Gasteiger partial charge in [-0.15, -0.1) is 0 Å². The average Bonchev–Trinajstić information content (AvgIpc) is 3.03. The standard InChI is InChI=1S/C19H16F2N4O/c20-12-4-1-11(2-5-12)3-6-17-15-7-14(16(21)8-18(15)25-24-17)19-22-9-13(26)10-23-19/h1-8,13,26H,9-10H2,(H,22,23)(H,24,25). The number of benzene rings is 2. The van der Waals surface area contributed by atoms with Gasteiger partial charge in [0.1, 0.15) is 17.5 Å². The predicted octanol–water partition coefficient (Wildman–Crippen LogP) is 2.72. The lowest BCUT2D eigenvalue weighted by molar-refractivity contribution is 0.181. The zero-order chi connectivity index (χ0) is 18.1. The highest BCUT2D eigenvalue weighted by Gasteiger charge is 2.18. The van der Waals surface area contributed by atoms with Crippen LogP contribution in [0.3, 0.4) is 0 Å². The molecule has 2 aromatic carbocycles. The van der Waals surface area contributed by atoms with E-state index in [0.29, 0.717) is 29.2 Å². The predicted molar refractivity (Wildman–Crippen MR) is 96.8 cm³/mol. The minimum atomic E-state index is -0.561. The van der Waals surface area contributed by atoms with E-state index in [9.17, 15) is 13.9 Å². The number of fused-ring (bicyclic) bond motifs is 1. The molecule has 1 aliphatic rings. The van der Waals surface area contributed by atoms with Gasteiger partial charge in [-0.05, 0) is 29.8 Å². The van der Waals surface area contributed by atoms with Crippen molar-refractivity contribution in [2.45, 2.75) is 6.10 Å². The Hall–Kier alpha value is -3.06. The molecule has 0 bridgehead atoms. The normalized spacial score (nSPS) is 17.5. The van der Waals surface area contributed by atoms with E-state index in [0.717, 1.165) is 10.9 Å². The molecule has 132 valence electrons. The summed E-state index contributed by atoms with van der Waals surface area (Å²) in [5.74, 6) is -0.291. The Bertz CT molecular complexity index is 1010. The molecule has 7 heteroatoms. The van der Waals surface area contributed by atoms with Gasteiger partial charge in [-0.2, -0.15) is 5.10 Å². The average molecular weight is 354 g/mol. The molecular formula is C19H16F2N4O. The smallest absolute Gasteiger partial charge is 0.136 e. The van der Waals surface area contributed by atoms with E-state index >= 15 is 0 Å². The van der Waals surface area contributed by atoms with E-state index in [4.69, 9.17) is 0 Å². The highest BCUT2D eigenvalue weighted by Crippen LogP contribution is 2.23. The molecule has 1 unspecified atom stereocenters. The number of aromatic amines is 1. The van der Waals surface area contributed by atoms with Gasteiger partial charge < -0.3 is 10.4 Å². The number of aromatic nitrogens is 2. The molecule has 1 aliphatic heterocycles. The van der Waals surface area contributed by atoms with Crippen LogP contribution in [0.2, 0.25) is 0 Å². The Kier molecular flexibility index (Phi) is 4.22. The van der Waals surface area contributed by atoms with Crippen LogP contribution in [0.4, 0.5) is 8.78 Å². The molecule has 0 saturated carbocycles. The molecule has 0 aliphatic carbocycles. The fourth-order valence-electron chi connectivity index (χ4n) is 2.83. The number of hydrogen-bond acceptors (Lipinski definition) is 4. The Morgan fingerprint density at radius 3 is 2.65 bits per heavy atom. The second-order valence-corrected chi connectivity index (χ2v) is 6.10. The van der Waals surface area contributed by atoms with E-state index in [1.54, 1.807) is 24.3 Å². The molecule has 1 aromatic heterocycles. The van der Waals surface area contributed by atoms with Gasteiger partial charge in [0.05, 0.1) is 29.4 Å². The monoisotopic (exact) mass is 354 g/mol. The fraction of sp³-hybridized carbons (Fsp3) is 0.158. The van der Waals surface area contributed by atoms with Crippen LogP contribution in [0.25, 0.3) is 23.1 Å². The van der Waals surface area contributed by atoms with Gasteiger partial charge in [0, 0.05) is 18.0 Å². The van der Waals surface area contributed by atoms with Gasteiger partial charge in [-0.3, -0.25) is 10.1 Å². The zero-order valence-electron chi connectivity index (χ0n) is 13.7. The number of nitrogens with one attached hydrogen (secondary N) is 2. The summed E-state index contributed by atoms with van der Waals surface area (Å²) in [5, 5.41) is 20.2. The van der Waals surface area contributed by atoms with E-state index in [1.165, 1.54) is 18.2 Å². The zero-order valence-corrected chi connectivity index (χ0v) is 13.7. The van der Waals surface area contributed by atoms with Crippen LogP contribution in [0.1, 0.15) is 16.8 Å². The molecule has 0 amide bonds. The van der Waals surface area contributed by atoms with Gasteiger partial charge >= 0.3 is 0 Å². The van der Waals surface area contributed by atoms with Gasteiger partial charge in [-0.25, -0.2) is 8.78 Å². The summed E-state index contributed by atoms with van der Waals surface area (Å²) in [4.78, 5) is 4.20. The van der Waals surface area contributed by atoms with Crippen LogP contribution in [0, 0.1) is 11.6 Å². The Labute approximate surface area is 148 Å². The van der Waals surface area contributed by atoms with E-state index in [-0.39, 0.29) is 12.4 Å². The van der Waals surface area contributed by atoms with Crippen LogP contribution in [0.15, 0.2) is 41.4 Å². The third kappa shape index (κ3) is 3.21. The van der Waals surface area contributed by atoms with Crippen LogP contribution in [-0.2, 0) is 0 Å². The lowest BCUT2D eigenvalue weighted by Gasteiger charge is -2.19. The maximum Gasteiger partial charge on any atom is 0.136 e. The van der Waals surface area contributed by atoms with Crippen molar-refractivity contribution in [2.24, 2.45) is 4.99 Å². The molecule has 26 heavy (non-hydrogen) atoms. The van der Waals surface area contributed by atoms with E-state index in [2.05, 4.69) is 20.5 Å². The van der Waals surface area contributed by atoms with Crippen molar-refractivity contribution in [3.05, 3.63) is 64.9 Å². The Balaban J connectivity index is 1.70. The van der Waals surface area contributed by atoms with Crippen molar-refractivity contribution < 1.29 is 13.9 Å². The quantitative estimate of drug-likeness (QED) is 0.677. The number of aliphatic hydroxyl groups is 1. The van der Waals surface area contributed by atoms with Crippen LogP contribution in [0.5, 0.6) is 0 Å². The highest BCUT2D eigenvalue weighted by atomic mass is 19.1. The Morgan fingerprint density at radius 1 is 1.12 bits per heavy atom. The molecule has 0 spiro atoms. The third-order valence-corrected chi connectivity index (χ3v) is 4.20. The summed E-state index contributed by atoms with van der Waals surface area (Å²) in [7, 11) is 0. The van der Waals surface area contributed by atoms with Crippen molar-refractivity contribution in [1.82, 2.24) is 15.5 Å². The van der Waals surface area contributed by atoms with Crippen LogP contribution in [-0.4, -0.2) is 40.3 Å². The highest BCUT2D eigenvalue weighted by molar-refractivity contribution is 6.03. The van der Waals surface area contributed by atoms with Gasteiger partial charge in [0.25, 0.3) is 0 Å². The van der Waals surface area contributed by atoms with Crippen molar-refractivity contribution in [3.8, 4) is 0 Å². The number of halogens is 2. The summed E-state index contributed by atoms with van der Waals surface area (Å²) in [6, 6.07) is 9.16.